The van der Waals surface area contributed by atoms with Crippen LogP contribution in [0.4, 0.5) is 11.5 Å². The van der Waals surface area contributed by atoms with Crippen LogP contribution in [0.5, 0.6) is 0 Å². The van der Waals surface area contributed by atoms with Crippen molar-refractivity contribution >= 4 is 17.4 Å². The van der Waals surface area contributed by atoms with Gasteiger partial charge < -0.3 is 16.0 Å². The molecule has 0 radical (unpaired) electrons. The van der Waals surface area contributed by atoms with Gasteiger partial charge in [-0.1, -0.05) is 18.2 Å². The second-order valence-corrected chi connectivity index (χ2v) is 6.00. The molecule has 122 valence electrons. The number of rotatable bonds is 3. The van der Waals surface area contributed by atoms with Crippen LogP contribution in [0.2, 0.25) is 0 Å². The molecule has 2 aromatic rings. The van der Waals surface area contributed by atoms with Crippen LogP contribution in [0.1, 0.15) is 29.6 Å². The maximum Gasteiger partial charge on any atom is 0.255 e. The Morgan fingerprint density at radius 3 is 2.83 bits per heavy atom. The summed E-state index contributed by atoms with van der Waals surface area (Å²) in [6.45, 7) is 1.82. The fourth-order valence-corrected chi connectivity index (χ4v) is 3.01. The third-order valence-corrected chi connectivity index (χ3v) is 4.26. The van der Waals surface area contributed by atoms with Gasteiger partial charge in [0.2, 0.25) is 0 Å². The fourth-order valence-electron chi connectivity index (χ4n) is 3.01. The minimum absolute atomic E-state index is 0.119. The molecule has 0 unspecified atom stereocenters. The summed E-state index contributed by atoms with van der Waals surface area (Å²) in [5.74, 6) is 0.828. The van der Waals surface area contributed by atoms with Crippen LogP contribution in [-0.2, 0) is 7.05 Å². The van der Waals surface area contributed by atoms with E-state index < -0.39 is 0 Å². The second-order valence-electron chi connectivity index (χ2n) is 6.00. The highest BCUT2D eigenvalue weighted by atomic mass is 16.1. The van der Waals surface area contributed by atoms with E-state index in [1.165, 1.54) is 0 Å². The number of hydrogen-bond donors (Lipinski definition) is 2. The quantitative estimate of drug-likeness (QED) is 0.908. The topological polar surface area (TPSA) is 76.2 Å². The van der Waals surface area contributed by atoms with Crippen molar-refractivity contribution < 1.29 is 4.79 Å². The van der Waals surface area contributed by atoms with Gasteiger partial charge in [-0.25, -0.2) is 0 Å². The highest BCUT2D eigenvalue weighted by Crippen LogP contribution is 2.27. The van der Waals surface area contributed by atoms with E-state index in [0.717, 1.165) is 43.9 Å². The summed E-state index contributed by atoms with van der Waals surface area (Å²) in [6, 6.07) is 9.47. The third-order valence-electron chi connectivity index (χ3n) is 4.26. The van der Waals surface area contributed by atoms with Gasteiger partial charge >= 0.3 is 0 Å². The molecule has 1 fully saturated rings. The van der Waals surface area contributed by atoms with Crippen molar-refractivity contribution in [3.63, 3.8) is 0 Å². The Hall–Kier alpha value is -2.34. The molecule has 0 aliphatic carbocycles. The summed E-state index contributed by atoms with van der Waals surface area (Å²) in [6.07, 6.45) is 4.76. The minimum atomic E-state index is -0.119. The van der Waals surface area contributed by atoms with Gasteiger partial charge in [0.15, 0.2) is 5.82 Å². The largest absolute Gasteiger partial charge is 0.355 e. The molecule has 6 heteroatoms. The van der Waals surface area contributed by atoms with Crippen LogP contribution >= 0.6 is 0 Å². The first kappa shape index (κ1) is 15.6. The number of anilines is 2. The Morgan fingerprint density at radius 2 is 2.04 bits per heavy atom. The van der Waals surface area contributed by atoms with Gasteiger partial charge in [-0.05, 0) is 31.4 Å². The predicted molar refractivity (Wildman–Crippen MR) is 91.6 cm³/mol. The molecule has 1 saturated heterocycles. The lowest BCUT2D eigenvalue weighted by atomic mass is 10.1. The van der Waals surface area contributed by atoms with E-state index in [9.17, 15) is 4.79 Å². The van der Waals surface area contributed by atoms with Crippen molar-refractivity contribution in [2.75, 3.05) is 23.3 Å². The number of carbonyl (C=O) groups is 1. The molecule has 1 amide bonds. The lowest BCUT2D eigenvalue weighted by Gasteiger charge is -2.24. The first-order chi connectivity index (χ1) is 11.1. The number of amides is 1. The highest BCUT2D eigenvalue weighted by Gasteiger charge is 2.21. The van der Waals surface area contributed by atoms with Gasteiger partial charge in [-0.2, -0.15) is 5.10 Å². The van der Waals surface area contributed by atoms with Crippen LogP contribution in [0.15, 0.2) is 36.5 Å². The molecule has 1 aromatic carbocycles. The highest BCUT2D eigenvalue weighted by molar-refractivity contribution is 6.05. The van der Waals surface area contributed by atoms with Gasteiger partial charge in [0.25, 0.3) is 5.91 Å². The van der Waals surface area contributed by atoms with Gasteiger partial charge in [0, 0.05) is 31.7 Å². The van der Waals surface area contributed by atoms with Crippen LogP contribution in [0.25, 0.3) is 0 Å². The first-order valence-corrected chi connectivity index (χ1v) is 8.04. The number of hydrogen-bond acceptors (Lipinski definition) is 4. The summed E-state index contributed by atoms with van der Waals surface area (Å²) in [5, 5.41) is 7.30. The molecular formula is C17H23N5O. The number of nitrogens with two attached hydrogens (primary N) is 1. The number of benzene rings is 1. The van der Waals surface area contributed by atoms with Crippen molar-refractivity contribution in [3.8, 4) is 0 Å². The van der Waals surface area contributed by atoms with E-state index >= 15 is 0 Å². The summed E-state index contributed by atoms with van der Waals surface area (Å²) in [5.41, 5.74) is 7.45. The Kier molecular flexibility index (Phi) is 4.62. The van der Waals surface area contributed by atoms with Crippen molar-refractivity contribution in [1.29, 1.82) is 0 Å². The zero-order chi connectivity index (χ0) is 16.2. The van der Waals surface area contributed by atoms with Crippen molar-refractivity contribution in [1.82, 2.24) is 9.78 Å². The van der Waals surface area contributed by atoms with Crippen molar-refractivity contribution in [3.05, 3.63) is 42.1 Å². The first-order valence-electron chi connectivity index (χ1n) is 8.04. The van der Waals surface area contributed by atoms with E-state index in [-0.39, 0.29) is 11.9 Å². The predicted octanol–water partition coefficient (Wildman–Crippen LogP) is 1.99. The molecule has 1 aliphatic heterocycles. The third kappa shape index (κ3) is 3.53. The Bertz CT molecular complexity index is 667. The smallest absolute Gasteiger partial charge is 0.255 e. The van der Waals surface area contributed by atoms with Gasteiger partial charge in [0.05, 0.1) is 6.20 Å². The molecule has 1 aromatic heterocycles. The van der Waals surface area contributed by atoms with Gasteiger partial charge in [-0.15, -0.1) is 0 Å². The maximum absolute atomic E-state index is 12.4. The average molecular weight is 313 g/mol. The molecule has 3 rings (SSSR count). The average Bonchev–Trinajstić information content (AvgIpc) is 2.78. The number of nitrogens with zero attached hydrogens (tertiary/aromatic N) is 3. The molecule has 23 heavy (non-hydrogen) atoms. The zero-order valence-corrected chi connectivity index (χ0v) is 13.4. The molecular weight excluding hydrogens is 290 g/mol. The Labute approximate surface area is 136 Å². The molecule has 0 bridgehead atoms. The standard InChI is InChI=1S/C17H23N5O/c1-21-17(22-10-5-8-14(18)9-11-22)15(12-19-21)20-16(23)13-6-3-2-4-7-13/h2-4,6-7,12,14H,5,8-11,18H2,1H3,(H,20,23)/t14-/m0/s1. The molecule has 1 aliphatic rings. The monoisotopic (exact) mass is 313 g/mol. The zero-order valence-electron chi connectivity index (χ0n) is 13.4. The van der Waals surface area contributed by atoms with E-state index in [1.807, 2.05) is 29.9 Å². The van der Waals surface area contributed by atoms with Crippen LogP contribution in [-0.4, -0.2) is 34.8 Å². The number of carbonyl (C=O) groups excluding carboxylic acids is 1. The van der Waals surface area contributed by atoms with Gasteiger partial charge in [0.1, 0.15) is 5.69 Å². The SMILES string of the molecule is Cn1ncc(NC(=O)c2ccccc2)c1N1CCC[C@H](N)CC1. The molecule has 3 N–H and O–H groups in total. The minimum Gasteiger partial charge on any atom is -0.355 e. The van der Waals surface area contributed by atoms with Crippen molar-refractivity contribution in [2.24, 2.45) is 12.8 Å². The second kappa shape index (κ2) is 6.83. The number of nitrogens with one attached hydrogen (secondary N) is 1. The summed E-state index contributed by atoms with van der Waals surface area (Å²) < 4.78 is 1.82. The molecule has 1 atom stereocenters. The van der Waals surface area contributed by atoms with Crippen LogP contribution in [0.3, 0.4) is 0 Å². The van der Waals surface area contributed by atoms with E-state index in [0.29, 0.717) is 5.56 Å². The summed E-state index contributed by atoms with van der Waals surface area (Å²) in [4.78, 5) is 14.7. The fraction of sp³-hybridized carbons (Fsp3) is 0.412. The maximum atomic E-state index is 12.4. The van der Waals surface area contributed by atoms with E-state index in [2.05, 4.69) is 15.3 Å². The van der Waals surface area contributed by atoms with E-state index in [1.54, 1.807) is 18.3 Å². The molecule has 6 nitrogen and oxygen atoms in total. The van der Waals surface area contributed by atoms with E-state index in [4.69, 9.17) is 5.73 Å². The van der Waals surface area contributed by atoms with Gasteiger partial charge in [-0.3, -0.25) is 9.48 Å². The van der Waals surface area contributed by atoms with Crippen LogP contribution < -0.4 is 16.0 Å². The molecule has 0 spiro atoms. The molecule has 0 saturated carbocycles. The Balaban J connectivity index is 1.80. The van der Waals surface area contributed by atoms with Crippen LogP contribution in [0, 0.1) is 0 Å². The lowest BCUT2D eigenvalue weighted by molar-refractivity contribution is 0.102. The summed E-state index contributed by atoms with van der Waals surface area (Å²) >= 11 is 0. The normalized spacial score (nSPS) is 18.5. The number of aromatic nitrogens is 2. The number of aryl methyl sites for hydroxylation is 1. The van der Waals surface area contributed by atoms with Crippen molar-refractivity contribution in [2.45, 2.75) is 25.3 Å². The lowest BCUT2D eigenvalue weighted by Crippen LogP contribution is -2.29. The molecule has 2 heterocycles. The Morgan fingerprint density at radius 1 is 1.26 bits per heavy atom. The summed E-state index contributed by atoms with van der Waals surface area (Å²) in [7, 11) is 1.90.